The zero-order valence-electron chi connectivity index (χ0n) is 12.1. The van der Waals surface area contributed by atoms with Crippen molar-refractivity contribution in [3.63, 3.8) is 0 Å². The van der Waals surface area contributed by atoms with E-state index in [0.29, 0.717) is 6.61 Å². The van der Waals surface area contributed by atoms with Crippen LogP contribution in [-0.2, 0) is 11.0 Å². The molecule has 0 aromatic heterocycles. The van der Waals surface area contributed by atoms with Crippen LogP contribution in [0.15, 0.2) is 18.2 Å². The van der Waals surface area contributed by atoms with E-state index >= 15 is 0 Å². The van der Waals surface area contributed by atoms with Crippen LogP contribution in [0.4, 0.5) is 5.69 Å². The molecule has 0 amide bonds. The van der Waals surface area contributed by atoms with Crippen molar-refractivity contribution in [2.24, 2.45) is 0 Å². The quantitative estimate of drug-likeness (QED) is 0.518. The largest absolute Gasteiger partial charge is 0.502 e. The number of nitro groups is 1. The van der Waals surface area contributed by atoms with Gasteiger partial charge in [-0.1, -0.05) is 20.8 Å². The molecule has 0 saturated heterocycles. The highest BCUT2D eigenvalue weighted by Crippen LogP contribution is 2.37. The third-order valence-corrected chi connectivity index (χ3v) is 8.12. The van der Waals surface area contributed by atoms with Crippen LogP contribution in [0, 0.1) is 10.1 Å². The highest BCUT2D eigenvalue weighted by molar-refractivity contribution is 6.74. The highest BCUT2D eigenvalue weighted by Gasteiger charge is 2.37. The molecule has 0 spiro atoms. The summed E-state index contributed by atoms with van der Waals surface area (Å²) < 4.78 is 5.99. The second-order valence-electron chi connectivity index (χ2n) is 6.13. The topological polar surface area (TPSA) is 72.6 Å². The summed E-state index contributed by atoms with van der Waals surface area (Å²) in [5.41, 5.74) is 0.462. The highest BCUT2D eigenvalue weighted by atomic mass is 28.4. The Bertz CT molecular complexity index is 480. The lowest BCUT2D eigenvalue weighted by molar-refractivity contribution is -0.385. The monoisotopic (exact) mass is 283 g/mol. The van der Waals surface area contributed by atoms with Gasteiger partial charge < -0.3 is 9.53 Å². The Morgan fingerprint density at radius 3 is 2.37 bits per heavy atom. The van der Waals surface area contributed by atoms with Gasteiger partial charge in [0.05, 0.1) is 11.5 Å². The minimum atomic E-state index is -1.86. The van der Waals surface area contributed by atoms with Gasteiger partial charge in [-0.05, 0) is 35.8 Å². The van der Waals surface area contributed by atoms with Gasteiger partial charge in [0.1, 0.15) is 0 Å². The van der Waals surface area contributed by atoms with Crippen molar-refractivity contribution in [2.45, 2.75) is 45.5 Å². The molecule has 6 heteroatoms. The molecule has 1 N–H and O–H groups in total. The van der Waals surface area contributed by atoms with Gasteiger partial charge in [0.15, 0.2) is 14.1 Å². The van der Waals surface area contributed by atoms with Crippen LogP contribution in [0.25, 0.3) is 0 Å². The van der Waals surface area contributed by atoms with E-state index in [1.807, 2.05) is 0 Å². The molecule has 0 atom stereocenters. The van der Waals surface area contributed by atoms with Crippen molar-refractivity contribution in [1.29, 1.82) is 0 Å². The number of phenolic OH excluding ortho intramolecular Hbond substituents is 1. The third-order valence-electron chi connectivity index (χ3n) is 3.64. The van der Waals surface area contributed by atoms with Crippen molar-refractivity contribution < 1.29 is 14.5 Å². The van der Waals surface area contributed by atoms with E-state index in [9.17, 15) is 15.2 Å². The number of benzene rings is 1. The first-order valence-corrected chi connectivity index (χ1v) is 9.05. The van der Waals surface area contributed by atoms with Gasteiger partial charge in [-0.25, -0.2) is 0 Å². The standard InChI is InChI=1S/C13H21NO4Si/c1-13(2,3)19(4,5)18-9-10-6-7-11(14(16)17)12(15)8-10/h6-8,15H,9H2,1-5H3. The maximum absolute atomic E-state index is 10.6. The Morgan fingerprint density at radius 2 is 1.95 bits per heavy atom. The molecular formula is C13H21NO4Si. The van der Waals surface area contributed by atoms with Crippen LogP contribution in [0.2, 0.25) is 18.1 Å². The third kappa shape index (κ3) is 3.78. The van der Waals surface area contributed by atoms with E-state index in [4.69, 9.17) is 4.43 Å². The zero-order valence-corrected chi connectivity index (χ0v) is 13.1. The summed E-state index contributed by atoms with van der Waals surface area (Å²) in [7, 11) is -1.86. The molecule has 1 aromatic rings. The summed E-state index contributed by atoms with van der Waals surface area (Å²) in [6.45, 7) is 11.1. The van der Waals surface area contributed by atoms with Crippen molar-refractivity contribution in [1.82, 2.24) is 0 Å². The lowest BCUT2D eigenvalue weighted by atomic mass is 10.2. The van der Waals surface area contributed by atoms with E-state index in [1.54, 1.807) is 6.07 Å². The lowest BCUT2D eigenvalue weighted by Crippen LogP contribution is -2.40. The summed E-state index contributed by atoms with van der Waals surface area (Å²) >= 11 is 0. The molecule has 0 aliphatic rings. The molecule has 1 rings (SSSR count). The normalized spacial score (nSPS) is 12.5. The minimum absolute atomic E-state index is 0.107. The summed E-state index contributed by atoms with van der Waals surface area (Å²) in [5.74, 6) is -0.318. The van der Waals surface area contributed by atoms with E-state index < -0.39 is 13.2 Å². The first-order valence-electron chi connectivity index (χ1n) is 6.15. The van der Waals surface area contributed by atoms with Gasteiger partial charge in [-0.2, -0.15) is 0 Å². The maximum Gasteiger partial charge on any atom is 0.310 e. The number of rotatable bonds is 4. The van der Waals surface area contributed by atoms with Gasteiger partial charge in [-0.3, -0.25) is 10.1 Å². The van der Waals surface area contributed by atoms with Crippen LogP contribution in [0.3, 0.4) is 0 Å². The number of hydrogen-bond acceptors (Lipinski definition) is 4. The molecule has 0 saturated carbocycles. The van der Waals surface area contributed by atoms with Crippen molar-refractivity contribution >= 4 is 14.0 Å². The second kappa shape index (κ2) is 5.30. The molecule has 0 bridgehead atoms. The summed E-state index contributed by atoms with van der Waals surface area (Å²) in [6.07, 6.45) is 0. The van der Waals surface area contributed by atoms with E-state index in [-0.39, 0.29) is 16.5 Å². The number of aromatic hydroxyl groups is 1. The summed E-state index contributed by atoms with van der Waals surface area (Å²) in [4.78, 5) is 10.00. The SMILES string of the molecule is CC(C)(C)[Si](C)(C)OCc1ccc([N+](=O)[O-])c(O)c1. The molecule has 1 aromatic carbocycles. The predicted octanol–water partition coefficient (Wildman–Crippen LogP) is 3.82. The number of hydrogen-bond donors (Lipinski definition) is 1. The summed E-state index contributed by atoms with van der Waals surface area (Å²) in [5, 5.41) is 20.3. The molecule has 0 fully saturated rings. The van der Waals surface area contributed by atoms with Gasteiger partial charge >= 0.3 is 5.69 Å². The lowest BCUT2D eigenvalue weighted by Gasteiger charge is -2.36. The molecule has 0 radical (unpaired) electrons. The van der Waals surface area contributed by atoms with Gasteiger partial charge in [0.2, 0.25) is 0 Å². The number of nitro benzene ring substituents is 1. The second-order valence-corrected chi connectivity index (χ2v) is 10.9. The number of phenols is 1. The first-order chi connectivity index (χ1) is 8.54. The van der Waals surface area contributed by atoms with Gasteiger partial charge in [0.25, 0.3) is 0 Å². The molecule has 0 aliphatic carbocycles. The average Bonchev–Trinajstić information content (AvgIpc) is 2.24. The molecule has 5 nitrogen and oxygen atoms in total. The fourth-order valence-electron chi connectivity index (χ4n) is 1.29. The molecule has 106 valence electrons. The van der Waals surface area contributed by atoms with Crippen LogP contribution in [-0.4, -0.2) is 18.3 Å². The molecule has 0 heterocycles. The fourth-order valence-corrected chi connectivity index (χ4v) is 2.25. The van der Waals surface area contributed by atoms with E-state index in [2.05, 4.69) is 33.9 Å². The maximum atomic E-state index is 10.6. The van der Waals surface area contributed by atoms with Crippen LogP contribution < -0.4 is 0 Å². The molecule has 19 heavy (non-hydrogen) atoms. The Morgan fingerprint density at radius 1 is 1.37 bits per heavy atom. The fraction of sp³-hybridized carbons (Fsp3) is 0.538. The Balaban J connectivity index is 2.80. The van der Waals surface area contributed by atoms with Crippen molar-refractivity contribution in [3.05, 3.63) is 33.9 Å². The summed E-state index contributed by atoms with van der Waals surface area (Å²) in [6, 6.07) is 4.32. The van der Waals surface area contributed by atoms with Crippen LogP contribution in [0.5, 0.6) is 5.75 Å². The van der Waals surface area contributed by atoms with Gasteiger partial charge in [0, 0.05) is 6.07 Å². The molecule has 0 unspecified atom stereocenters. The van der Waals surface area contributed by atoms with Crippen LogP contribution >= 0.6 is 0 Å². The Hall–Kier alpha value is -1.40. The van der Waals surface area contributed by atoms with Crippen molar-refractivity contribution in [3.8, 4) is 5.75 Å². The van der Waals surface area contributed by atoms with Crippen LogP contribution in [0.1, 0.15) is 26.3 Å². The predicted molar refractivity (Wildman–Crippen MR) is 76.7 cm³/mol. The smallest absolute Gasteiger partial charge is 0.310 e. The van der Waals surface area contributed by atoms with Crippen molar-refractivity contribution in [2.75, 3.05) is 0 Å². The Labute approximate surface area is 114 Å². The molecule has 0 aliphatic heterocycles. The number of nitrogens with zero attached hydrogens (tertiary/aromatic N) is 1. The first kappa shape index (κ1) is 15.7. The minimum Gasteiger partial charge on any atom is -0.502 e. The van der Waals surface area contributed by atoms with E-state index in [1.165, 1.54) is 12.1 Å². The molecular weight excluding hydrogens is 262 g/mol. The van der Waals surface area contributed by atoms with E-state index in [0.717, 1.165) is 5.56 Å². The average molecular weight is 283 g/mol. The van der Waals surface area contributed by atoms with Gasteiger partial charge in [-0.15, -0.1) is 0 Å². The zero-order chi connectivity index (χ0) is 14.8. The Kier molecular flexibility index (Phi) is 4.37.